The van der Waals surface area contributed by atoms with Crippen LogP contribution in [0.2, 0.25) is 0 Å². The summed E-state index contributed by atoms with van der Waals surface area (Å²) in [6.45, 7) is 12.0. The van der Waals surface area contributed by atoms with E-state index in [4.69, 9.17) is 4.74 Å². The molecule has 0 rings (SSSR count). The minimum Gasteiger partial charge on any atom is -0.382 e. The molecule has 0 aromatic rings. The summed E-state index contributed by atoms with van der Waals surface area (Å²) in [5.41, 5.74) is 0. The van der Waals surface area contributed by atoms with Crippen LogP contribution in [0, 0.1) is 0 Å². The van der Waals surface area contributed by atoms with Gasteiger partial charge in [0, 0.05) is 32.3 Å². The van der Waals surface area contributed by atoms with Gasteiger partial charge >= 0.3 is 0 Å². The summed E-state index contributed by atoms with van der Waals surface area (Å²) in [6.07, 6.45) is 7.27. The fourth-order valence-electron chi connectivity index (χ4n) is 1.98. The van der Waals surface area contributed by atoms with Crippen molar-refractivity contribution in [1.82, 2.24) is 10.6 Å². The van der Waals surface area contributed by atoms with Crippen LogP contribution in [0.3, 0.4) is 0 Å². The Morgan fingerprint density at radius 2 is 1.90 bits per heavy atom. The molecule has 0 aliphatic carbocycles. The molecule has 20 heavy (non-hydrogen) atoms. The second-order valence-electron chi connectivity index (χ2n) is 5.21. The molecule has 2 N–H and O–H groups in total. The summed E-state index contributed by atoms with van der Waals surface area (Å²) in [6, 6.07) is 0.489. The minimum absolute atomic E-state index is 0.489. The average molecular weight is 285 g/mol. The van der Waals surface area contributed by atoms with Gasteiger partial charge in [-0.3, -0.25) is 4.99 Å². The highest BCUT2D eigenvalue weighted by atomic mass is 16.5. The Morgan fingerprint density at radius 3 is 2.55 bits per heavy atom. The van der Waals surface area contributed by atoms with Crippen LogP contribution in [0.1, 0.15) is 66.2 Å². The molecule has 0 fully saturated rings. The predicted octanol–water partition coefficient (Wildman–Crippen LogP) is 3.33. The molecule has 120 valence electrons. The van der Waals surface area contributed by atoms with Crippen molar-refractivity contribution in [3.8, 4) is 0 Å². The van der Waals surface area contributed by atoms with Crippen LogP contribution in [0.15, 0.2) is 4.99 Å². The van der Waals surface area contributed by atoms with Crippen LogP contribution in [0.5, 0.6) is 0 Å². The predicted molar refractivity (Wildman–Crippen MR) is 88.4 cm³/mol. The molecule has 4 nitrogen and oxygen atoms in total. The van der Waals surface area contributed by atoms with Crippen LogP contribution in [0.4, 0.5) is 0 Å². The number of guanidine groups is 1. The normalized spacial score (nSPS) is 13.3. The first kappa shape index (κ1) is 19.2. The van der Waals surface area contributed by atoms with E-state index in [9.17, 15) is 0 Å². The van der Waals surface area contributed by atoms with Crippen LogP contribution in [0.25, 0.3) is 0 Å². The van der Waals surface area contributed by atoms with Crippen LogP contribution in [-0.2, 0) is 4.74 Å². The molecule has 0 saturated heterocycles. The van der Waals surface area contributed by atoms with Gasteiger partial charge in [-0.05, 0) is 40.0 Å². The molecule has 0 heterocycles. The molecule has 0 aromatic carbocycles. The Labute approximate surface area is 125 Å². The summed E-state index contributed by atoms with van der Waals surface area (Å²) in [5, 5.41) is 6.80. The first-order valence-corrected chi connectivity index (χ1v) is 8.37. The van der Waals surface area contributed by atoms with Crippen molar-refractivity contribution in [2.45, 2.75) is 72.3 Å². The number of nitrogens with one attached hydrogen (secondary N) is 2. The van der Waals surface area contributed by atoms with Crippen molar-refractivity contribution >= 4 is 5.96 Å². The Balaban J connectivity index is 3.87. The maximum atomic E-state index is 5.33. The van der Waals surface area contributed by atoms with Gasteiger partial charge in [-0.15, -0.1) is 0 Å². The first-order valence-electron chi connectivity index (χ1n) is 8.37. The van der Waals surface area contributed by atoms with E-state index < -0.39 is 0 Å². The zero-order valence-corrected chi connectivity index (χ0v) is 14.0. The summed E-state index contributed by atoms with van der Waals surface area (Å²) in [5.74, 6) is 0.952. The maximum Gasteiger partial charge on any atom is 0.191 e. The van der Waals surface area contributed by atoms with Crippen molar-refractivity contribution in [1.29, 1.82) is 0 Å². The van der Waals surface area contributed by atoms with Gasteiger partial charge in [-0.1, -0.05) is 26.2 Å². The minimum atomic E-state index is 0.489. The molecule has 1 atom stereocenters. The first-order chi connectivity index (χ1) is 9.74. The third kappa shape index (κ3) is 12.3. The van der Waals surface area contributed by atoms with E-state index in [1.54, 1.807) is 0 Å². The number of nitrogens with zero attached hydrogens (tertiary/aromatic N) is 1. The fourth-order valence-corrected chi connectivity index (χ4v) is 1.98. The molecular formula is C16H35N3O. The molecule has 4 heteroatoms. The monoisotopic (exact) mass is 285 g/mol. The Kier molecular flexibility index (Phi) is 14.1. The summed E-state index contributed by atoms with van der Waals surface area (Å²) in [7, 11) is 0. The summed E-state index contributed by atoms with van der Waals surface area (Å²) >= 11 is 0. The number of hydrogen-bond donors (Lipinski definition) is 2. The molecule has 0 spiro atoms. The topological polar surface area (TPSA) is 45.7 Å². The Bertz CT molecular complexity index is 232. The van der Waals surface area contributed by atoms with E-state index in [2.05, 4.69) is 36.4 Å². The van der Waals surface area contributed by atoms with Gasteiger partial charge < -0.3 is 15.4 Å². The number of aliphatic imine (C=N–C) groups is 1. The van der Waals surface area contributed by atoms with Crippen molar-refractivity contribution in [2.24, 2.45) is 4.99 Å². The van der Waals surface area contributed by atoms with Gasteiger partial charge in [-0.2, -0.15) is 0 Å². The zero-order valence-electron chi connectivity index (χ0n) is 14.0. The lowest BCUT2D eigenvalue weighted by molar-refractivity contribution is 0.144. The molecule has 0 bridgehead atoms. The molecule has 0 saturated carbocycles. The van der Waals surface area contributed by atoms with Gasteiger partial charge in [0.1, 0.15) is 0 Å². The zero-order chi connectivity index (χ0) is 15.1. The van der Waals surface area contributed by atoms with Crippen LogP contribution in [-0.4, -0.2) is 38.3 Å². The van der Waals surface area contributed by atoms with Gasteiger partial charge in [0.2, 0.25) is 0 Å². The molecular weight excluding hydrogens is 250 g/mol. The Morgan fingerprint density at radius 1 is 1.10 bits per heavy atom. The van der Waals surface area contributed by atoms with Crippen molar-refractivity contribution in [2.75, 3.05) is 26.3 Å². The van der Waals surface area contributed by atoms with Crippen molar-refractivity contribution in [3.05, 3.63) is 0 Å². The lowest BCUT2D eigenvalue weighted by atomic mass is 10.1. The summed E-state index contributed by atoms with van der Waals surface area (Å²) < 4.78 is 5.33. The molecule has 0 radical (unpaired) electrons. The molecule has 0 aromatic heterocycles. The quantitative estimate of drug-likeness (QED) is 0.328. The van der Waals surface area contributed by atoms with Gasteiger partial charge in [0.25, 0.3) is 0 Å². The van der Waals surface area contributed by atoms with Gasteiger partial charge in [0.15, 0.2) is 5.96 Å². The summed E-state index contributed by atoms with van der Waals surface area (Å²) in [4.78, 5) is 4.62. The second kappa shape index (κ2) is 14.6. The number of ether oxygens (including phenoxy) is 1. The highest BCUT2D eigenvalue weighted by Crippen LogP contribution is 2.02. The van der Waals surface area contributed by atoms with E-state index in [0.717, 1.165) is 45.1 Å². The largest absolute Gasteiger partial charge is 0.382 e. The standard InChI is InChI=1S/C16H35N3O/c1-5-8-9-12-15(4)19-16(17-6-2)18-13-10-11-14-20-7-3/h15H,5-14H2,1-4H3,(H2,17,18,19). The fraction of sp³-hybridized carbons (Fsp3) is 0.938. The third-order valence-corrected chi connectivity index (χ3v) is 3.14. The SMILES string of the molecule is CCCCCC(C)NC(=NCCCCOCC)NCC. The van der Waals surface area contributed by atoms with Crippen LogP contribution >= 0.6 is 0 Å². The van der Waals surface area contributed by atoms with Crippen molar-refractivity contribution in [3.63, 3.8) is 0 Å². The van der Waals surface area contributed by atoms with E-state index in [1.807, 2.05) is 6.92 Å². The maximum absolute atomic E-state index is 5.33. The van der Waals surface area contributed by atoms with E-state index in [1.165, 1.54) is 25.7 Å². The highest BCUT2D eigenvalue weighted by Gasteiger charge is 2.04. The third-order valence-electron chi connectivity index (χ3n) is 3.14. The van der Waals surface area contributed by atoms with Gasteiger partial charge in [0.05, 0.1) is 0 Å². The molecule has 0 aliphatic heterocycles. The van der Waals surface area contributed by atoms with Gasteiger partial charge in [-0.25, -0.2) is 0 Å². The van der Waals surface area contributed by atoms with E-state index in [0.29, 0.717) is 6.04 Å². The van der Waals surface area contributed by atoms with Crippen LogP contribution < -0.4 is 10.6 Å². The smallest absolute Gasteiger partial charge is 0.191 e. The van der Waals surface area contributed by atoms with E-state index >= 15 is 0 Å². The molecule has 0 aliphatic rings. The number of hydrogen-bond acceptors (Lipinski definition) is 2. The molecule has 1 unspecified atom stereocenters. The number of rotatable bonds is 12. The van der Waals surface area contributed by atoms with Crippen molar-refractivity contribution < 1.29 is 4.74 Å². The lowest BCUT2D eigenvalue weighted by Gasteiger charge is -2.17. The number of unbranched alkanes of at least 4 members (excludes halogenated alkanes) is 3. The second-order valence-corrected chi connectivity index (χ2v) is 5.21. The van der Waals surface area contributed by atoms with E-state index in [-0.39, 0.29) is 0 Å². The average Bonchev–Trinajstić information content (AvgIpc) is 2.43. The molecule has 0 amide bonds. The Hall–Kier alpha value is -0.770. The highest BCUT2D eigenvalue weighted by molar-refractivity contribution is 5.79. The lowest BCUT2D eigenvalue weighted by Crippen LogP contribution is -2.42.